The Hall–Kier alpha value is -3.34. The van der Waals surface area contributed by atoms with Crippen LogP contribution in [0.4, 0.5) is 0 Å². The van der Waals surface area contributed by atoms with Crippen molar-refractivity contribution in [2.24, 2.45) is 0 Å². The van der Waals surface area contributed by atoms with Crippen molar-refractivity contribution in [2.75, 3.05) is 0 Å². The summed E-state index contributed by atoms with van der Waals surface area (Å²) in [5.41, 5.74) is 0.653. The van der Waals surface area contributed by atoms with E-state index in [1.807, 2.05) is 0 Å². The van der Waals surface area contributed by atoms with Crippen LogP contribution in [0.2, 0.25) is 0 Å². The molecular weight excluding hydrogens is 320 g/mol. The van der Waals surface area contributed by atoms with Crippen molar-refractivity contribution in [3.05, 3.63) is 72.8 Å². The highest BCUT2D eigenvalue weighted by atomic mass is 16.5. The fourth-order valence-corrected chi connectivity index (χ4v) is 1.68. The second-order valence-corrected chi connectivity index (χ2v) is 5.38. The van der Waals surface area contributed by atoms with Crippen LogP contribution >= 0.6 is 0 Å². The zero-order chi connectivity index (χ0) is 18.4. The zero-order valence-corrected chi connectivity index (χ0v) is 14.1. The molecule has 0 aliphatic carbocycles. The van der Waals surface area contributed by atoms with Crippen molar-refractivity contribution >= 4 is 11.9 Å². The molecule has 25 heavy (non-hydrogen) atoms. The third-order valence-electron chi connectivity index (χ3n) is 3.00. The molecule has 5 heteroatoms. The van der Waals surface area contributed by atoms with Crippen LogP contribution in [0.25, 0.3) is 0 Å². The lowest BCUT2D eigenvalue weighted by molar-refractivity contribution is -0.130. The van der Waals surface area contributed by atoms with E-state index < -0.39 is 11.9 Å². The fourth-order valence-electron chi connectivity index (χ4n) is 1.68. The highest BCUT2D eigenvalue weighted by molar-refractivity contribution is 5.89. The molecule has 128 valence electrons. The molecule has 0 saturated heterocycles. The normalized spacial score (nSPS) is 9.84. The summed E-state index contributed by atoms with van der Waals surface area (Å²) < 4.78 is 15.9. The molecule has 0 spiro atoms. The van der Waals surface area contributed by atoms with Crippen molar-refractivity contribution < 1.29 is 23.8 Å². The lowest BCUT2D eigenvalue weighted by atomic mass is 10.3. The minimum atomic E-state index is -0.478. The molecule has 0 radical (unpaired) electrons. The monoisotopic (exact) mass is 338 g/mol. The van der Waals surface area contributed by atoms with E-state index in [9.17, 15) is 9.59 Å². The van der Waals surface area contributed by atoms with Gasteiger partial charge in [0.1, 0.15) is 23.0 Å². The molecule has 0 heterocycles. The van der Waals surface area contributed by atoms with E-state index >= 15 is 0 Å². The SMILES string of the molecule is C=C(C)C(=O)Oc1ccc(Oc2ccc(OC(=O)C(=C)C)cc2)cc1. The van der Waals surface area contributed by atoms with Gasteiger partial charge in [-0.1, -0.05) is 13.2 Å². The molecule has 0 N–H and O–H groups in total. The number of carbonyl (C=O) groups is 2. The lowest BCUT2D eigenvalue weighted by Crippen LogP contribution is -2.08. The zero-order valence-electron chi connectivity index (χ0n) is 14.1. The maximum absolute atomic E-state index is 11.4. The number of rotatable bonds is 6. The Morgan fingerprint density at radius 1 is 0.640 bits per heavy atom. The molecule has 0 amide bonds. The number of benzene rings is 2. The minimum Gasteiger partial charge on any atom is -0.457 e. The van der Waals surface area contributed by atoms with Gasteiger partial charge in [0.25, 0.3) is 0 Å². The predicted molar refractivity (Wildman–Crippen MR) is 93.9 cm³/mol. The first-order chi connectivity index (χ1) is 11.8. The van der Waals surface area contributed by atoms with E-state index in [1.54, 1.807) is 62.4 Å². The van der Waals surface area contributed by atoms with Gasteiger partial charge in [-0.2, -0.15) is 0 Å². The van der Waals surface area contributed by atoms with Crippen LogP contribution in [0.1, 0.15) is 13.8 Å². The van der Waals surface area contributed by atoms with Crippen LogP contribution in [-0.4, -0.2) is 11.9 Å². The maximum Gasteiger partial charge on any atom is 0.338 e. The average molecular weight is 338 g/mol. The van der Waals surface area contributed by atoms with Crippen LogP contribution in [0, 0.1) is 0 Å². The van der Waals surface area contributed by atoms with E-state index in [4.69, 9.17) is 14.2 Å². The van der Waals surface area contributed by atoms with Crippen molar-refractivity contribution in [3.63, 3.8) is 0 Å². The van der Waals surface area contributed by atoms with Gasteiger partial charge in [-0.3, -0.25) is 0 Å². The molecular formula is C20H18O5. The van der Waals surface area contributed by atoms with Gasteiger partial charge in [-0.05, 0) is 62.4 Å². The Labute approximate surface area is 146 Å². The summed E-state index contributed by atoms with van der Waals surface area (Å²) in [7, 11) is 0. The summed E-state index contributed by atoms with van der Waals surface area (Å²) in [6.07, 6.45) is 0. The molecule has 0 aliphatic heterocycles. The van der Waals surface area contributed by atoms with Gasteiger partial charge in [-0.25, -0.2) is 9.59 Å². The molecule has 0 atom stereocenters. The van der Waals surface area contributed by atoms with Gasteiger partial charge >= 0.3 is 11.9 Å². The summed E-state index contributed by atoms with van der Waals surface area (Å²) in [4.78, 5) is 22.9. The first-order valence-corrected chi connectivity index (χ1v) is 7.48. The molecule has 0 unspecified atom stereocenters. The van der Waals surface area contributed by atoms with Gasteiger partial charge in [0, 0.05) is 11.1 Å². The number of hydrogen-bond acceptors (Lipinski definition) is 5. The van der Waals surface area contributed by atoms with Crippen LogP contribution < -0.4 is 14.2 Å². The van der Waals surface area contributed by atoms with E-state index in [-0.39, 0.29) is 0 Å². The smallest absolute Gasteiger partial charge is 0.338 e. The van der Waals surface area contributed by atoms with Gasteiger partial charge in [-0.15, -0.1) is 0 Å². The van der Waals surface area contributed by atoms with Gasteiger partial charge < -0.3 is 14.2 Å². The summed E-state index contributed by atoms with van der Waals surface area (Å²) in [6.45, 7) is 10.2. The highest BCUT2D eigenvalue weighted by Gasteiger charge is 2.07. The Kier molecular flexibility index (Phi) is 5.74. The number of esters is 2. The van der Waals surface area contributed by atoms with Gasteiger partial charge in [0.05, 0.1) is 0 Å². The van der Waals surface area contributed by atoms with Crippen molar-refractivity contribution in [1.82, 2.24) is 0 Å². The quantitative estimate of drug-likeness (QED) is 0.443. The summed E-state index contributed by atoms with van der Waals surface area (Å²) in [5, 5.41) is 0. The number of hydrogen-bond donors (Lipinski definition) is 0. The number of ether oxygens (including phenoxy) is 3. The molecule has 0 fully saturated rings. The topological polar surface area (TPSA) is 61.8 Å². The van der Waals surface area contributed by atoms with Crippen molar-refractivity contribution in [2.45, 2.75) is 13.8 Å². The predicted octanol–water partition coefficient (Wildman–Crippen LogP) is 4.44. The Morgan fingerprint density at radius 2 is 0.920 bits per heavy atom. The first kappa shape index (κ1) is 18.0. The van der Waals surface area contributed by atoms with Crippen LogP contribution in [0.15, 0.2) is 72.8 Å². The van der Waals surface area contributed by atoms with Crippen molar-refractivity contribution in [3.8, 4) is 23.0 Å². The molecule has 0 aliphatic rings. The molecule has 0 aromatic heterocycles. The van der Waals surface area contributed by atoms with Crippen LogP contribution in [-0.2, 0) is 9.59 Å². The third-order valence-corrected chi connectivity index (χ3v) is 3.00. The second kappa shape index (κ2) is 7.97. The molecule has 0 saturated carbocycles. The second-order valence-electron chi connectivity index (χ2n) is 5.38. The maximum atomic E-state index is 11.4. The molecule has 5 nitrogen and oxygen atoms in total. The fraction of sp³-hybridized carbons (Fsp3) is 0.100. The molecule has 2 rings (SSSR count). The molecule has 0 bridgehead atoms. The first-order valence-electron chi connectivity index (χ1n) is 7.48. The van der Waals surface area contributed by atoms with E-state index in [1.165, 1.54) is 0 Å². The lowest BCUT2D eigenvalue weighted by Gasteiger charge is -2.08. The van der Waals surface area contributed by atoms with Gasteiger partial charge in [0.15, 0.2) is 0 Å². The Morgan fingerprint density at radius 3 is 1.20 bits per heavy atom. The van der Waals surface area contributed by atoms with Gasteiger partial charge in [0.2, 0.25) is 0 Å². The van der Waals surface area contributed by atoms with E-state index in [0.29, 0.717) is 34.1 Å². The highest BCUT2D eigenvalue weighted by Crippen LogP contribution is 2.26. The largest absolute Gasteiger partial charge is 0.457 e. The molecule has 2 aromatic rings. The van der Waals surface area contributed by atoms with E-state index in [2.05, 4.69) is 13.2 Å². The molecule has 2 aromatic carbocycles. The van der Waals surface area contributed by atoms with Crippen LogP contribution in [0.5, 0.6) is 23.0 Å². The van der Waals surface area contributed by atoms with Crippen molar-refractivity contribution in [1.29, 1.82) is 0 Å². The summed E-state index contributed by atoms with van der Waals surface area (Å²) in [5.74, 6) is 0.996. The summed E-state index contributed by atoms with van der Waals surface area (Å²) >= 11 is 0. The van der Waals surface area contributed by atoms with Crippen LogP contribution in [0.3, 0.4) is 0 Å². The Bertz CT molecular complexity index is 731. The third kappa shape index (κ3) is 5.35. The average Bonchev–Trinajstić information content (AvgIpc) is 2.58. The Balaban J connectivity index is 1.98. The standard InChI is InChI=1S/C20H18O5/c1-13(2)19(21)24-17-9-5-15(6-10-17)23-16-7-11-18(12-8-16)25-20(22)14(3)4/h5-12H,1,3H2,2,4H3. The summed E-state index contributed by atoms with van der Waals surface area (Å²) in [6, 6.07) is 13.2. The number of carbonyl (C=O) groups excluding carboxylic acids is 2. The minimum absolute atomic E-state index is 0.327. The van der Waals surface area contributed by atoms with E-state index in [0.717, 1.165) is 0 Å².